The van der Waals surface area contributed by atoms with Gasteiger partial charge in [-0.3, -0.25) is 4.79 Å². The SMILES string of the molecule is COc1ccc(C(C)C)cc1CNC(=O)CCCO. The molecular formula is C15H23NO3. The van der Waals surface area contributed by atoms with Gasteiger partial charge in [0.2, 0.25) is 5.91 Å². The van der Waals surface area contributed by atoms with Crippen molar-refractivity contribution >= 4 is 5.91 Å². The molecular weight excluding hydrogens is 242 g/mol. The van der Waals surface area contributed by atoms with Crippen LogP contribution in [0.15, 0.2) is 18.2 Å². The zero-order chi connectivity index (χ0) is 14.3. The van der Waals surface area contributed by atoms with Crippen LogP contribution in [-0.4, -0.2) is 24.7 Å². The Morgan fingerprint density at radius 1 is 1.42 bits per heavy atom. The van der Waals surface area contributed by atoms with E-state index in [0.29, 0.717) is 25.3 Å². The zero-order valence-electron chi connectivity index (χ0n) is 11.9. The molecule has 0 aliphatic heterocycles. The number of nitrogens with one attached hydrogen (secondary N) is 1. The van der Waals surface area contributed by atoms with Crippen molar-refractivity contribution in [2.75, 3.05) is 13.7 Å². The summed E-state index contributed by atoms with van der Waals surface area (Å²) in [5.74, 6) is 1.17. The van der Waals surface area contributed by atoms with E-state index in [1.165, 1.54) is 5.56 Å². The highest BCUT2D eigenvalue weighted by atomic mass is 16.5. The molecule has 0 saturated carbocycles. The summed E-state index contributed by atoms with van der Waals surface area (Å²) in [6, 6.07) is 6.04. The van der Waals surface area contributed by atoms with E-state index in [4.69, 9.17) is 9.84 Å². The first-order valence-corrected chi connectivity index (χ1v) is 6.62. The lowest BCUT2D eigenvalue weighted by Gasteiger charge is -2.13. The molecule has 1 aromatic carbocycles. The fourth-order valence-corrected chi connectivity index (χ4v) is 1.82. The van der Waals surface area contributed by atoms with Gasteiger partial charge < -0.3 is 15.2 Å². The maximum absolute atomic E-state index is 11.5. The Bertz CT molecular complexity index is 416. The molecule has 2 N–H and O–H groups in total. The molecule has 0 fully saturated rings. The average Bonchev–Trinajstić information content (AvgIpc) is 2.42. The largest absolute Gasteiger partial charge is 0.496 e. The van der Waals surface area contributed by atoms with Gasteiger partial charge in [0.15, 0.2) is 0 Å². The number of rotatable bonds is 7. The minimum absolute atomic E-state index is 0.0412. The van der Waals surface area contributed by atoms with Crippen LogP contribution in [-0.2, 0) is 11.3 Å². The minimum Gasteiger partial charge on any atom is -0.496 e. The van der Waals surface area contributed by atoms with Gasteiger partial charge in [0.1, 0.15) is 5.75 Å². The summed E-state index contributed by atoms with van der Waals surface area (Å²) in [6.45, 7) is 4.75. The number of benzene rings is 1. The number of aliphatic hydroxyl groups excluding tert-OH is 1. The highest BCUT2D eigenvalue weighted by Crippen LogP contribution is 2.24. The Morgan fingerprint density at radius 3 is 2.74 bits per heavy atom. The van der Waals surface area contributed by atoms with Crippen molar-refractivity contribution in [3.8, 4) is 5.75 Å². The van der Waals surface area contributed by atoms with Crippen LogP contribution in [0.4, 0.5) is 0 Å². The van der Waals surface area contributed by atoms with Crippen LogP contribution in [0.2, 0.25) is 0 Å². The standard InChI is InChI=1S/C15H23NO3/c1-11(2)12-6-7-14(19-3)13(9-12)10-16-15(18)5-4-8-17/h6-7,9,11,17H,4-5,8,10H2,1-3H3,(H,16,18). The van der Waals surface area contributed by atoms with Gasteiger partial charge in [-0.2, -0.15) is 0 Å². The van der Waals surface area contributed by atoms with E-state index >= 15 is 0 Å². The number of hydrogen-bond donors (Lipinski definition) is 2. The monoisotopic (exact) mass is 265 g/mol. The molecule has 0 aromatic heterocycles. The van der Waals surface area contributed by atoms with Gasteiger partial charge in [-0.15, -0.1) is 0 Å². The van der Waals surface area contributed by atoms with Crippen molar-refractivity contribution in [2.45, 2.75) is 39.2 Å². The quantitative estimate of drug-likeness (QED) is 0.794. The van der Waals surface area contributed by atoms with Gasteiger partial charge in [0.25, 0.3) is 0 Å². The summed E-state index contributed by atoms with van der Waals surface area (Å²) in [6.07, 6.45) is 0.845. The van der Waals surface area contributed by atoms with E-state index < -0.39 is 0 Å². The van der Waals surface area contributed by atoms with Gasteiger partial charge in [0, 0.05) is 25.1 Å². The van der Waals surface area contributed by atoms with E-state index in [1.54, 1.807) is 7.11 Å². The smallest absolute Gasteiger partial charge is 0.220 e. The van der Waals surface area contributed by atoms with Crippen LogP contribution in [0.3, 0.4) is 0 Å². The van der Waals surface area contributed by atoms with Gasteiger partial charge in [-0.05, 0) is 24.0 Å². The number of ether oxygens (including phenoxy) is 1. The Morgan fingerprint density at radius 2 is 2.16 bits per heavy atom. The molecule has 4 heteroatoms. The number of aliphatic hydroxyl groups is 1. The van der Waals surface area contributed by atoms with Gasteiger partial charge >= 0.3 is 0 Å². The lowest BCUT2D eigenvalue weighted by Crippen LogP contribution is -2.23. The highest BCUT2D eigenvalue weighted by Gasteiger charge is 2.08. The molecule has 0 saturated heterocycles. The third-order valence-electron chi connectivity index (χ3n) is 3.01. The van der Waals surface area contributed by atoms with Crippen LogP contribution >= 0.6 is 0 Å². The number of carbonyl (C=O) groups is 1. The van der Waals surface area contributed by atoms with E-state index in [9.17, 15) is 4.79 Å². The fourth-order valence-electron chi connectivity index (χ4n) is 1.82. The second-order valence-corrected chi connectivity index (χ2v) is 4.83. The Labute approximate surface area is 114 Å². The molecule has 0 spiro atoms. The van der Waals surface area contributed by atoms with Crippen molar-refractivity contribution in [2.24, 2.45) is 0 Å². The van der Waals surface area contributed by atoms with E-state index in [0.717, 1.165) is 11.3 Å². The first kappa shape index (κ1) is 15.5. The molecule has 1 aromatic rings. The molecule has 0 aliphatic carbocycles. The Kier molecular flexibility index (Phi) is 6.36. The number of hydrogen-bond acceptors (Lipinski definition) is 3. The zero-order valence-corrected chi connectivity index (χ0v) is 11.9. The lowest BCUT2D eigenvalue weighted by molar-refractivity contribution is -0.121. The lowest BCUT2D eigenvalue weighted by atomic mass is 10.00. The maximum atomic E-state index is 11.5. The fraction of sp³-hybridized carbons (Fsp3) is 0.533. The molecule has 0 radical (unpaired) electrons. The van der Waals surface area contributed by atoms with Crippen LogP contribution in [0.25, 0.3) is 0 Å². The molecule has 0 bridgehead atoms. The van der Waals surface area contributed by atoms with Gasteiger partial charge in [0.05, 0.1) is 7.11 Å². The average molecular weight is 265 g/mol. The van der Waals surface area contributed by atoms with Crippen LogP contribution < -0.4 is 10.1 Å². The molecule has 0 heterocycles. The normalized spacial score (nSPS) is 10.6. The van der Waals surface area contributed by atoms with E-state index in [-0.39, 0.29) is 12.5 Å². The van der Waals surface area contributed by atoms with Crippen LogP contribution in [0.5, 0.6) is 5.75 Å². The third kappa shape index (κ3) is 4.91. The predicted molar refractivity (Wildman–Crippen MR) is 75.2 cm³/mol. The molecule has 4 nitrogen and oxygen atoms in total. The van der Waals surface area contributed by atoms with Gasteiger partial charge in [-0.1, -0.05) is 26.0 Å². The molecule has 0 aliphatic rings. The molecule has 0 atom stereocenters. The number of carbonyl (C=O) groups excluding carboxylic acids is 1. The predicted octanol–water partition coefficient (Wildman–Crippen LogP) is 2.21. The third-order valence-corrected chi connectivity index (χ3v) is 3.01. The van der Waals surface area contributed by atoms with Crippen molar-refractivity contribution in [3.05, 3.63) is 29.3 Å². The summed E-state index contributed by atoms with van der Waals surface area (Å²) in [4.78, 5) is 11.5. The highest BCUT2D eigenvalue weighted by molar-refractivity contribution is 5.75. The molecule has 106 valence electrons. The topological polar surface area (TPSA) is 58.6 Å². The van der Waals surface area contributed by atoms with Crippen LogP contribution in [0, 0.1) is 0 Å². The second-order valence-electron chi connectivity index (χ2n) is 4.83. The Hall–Kier alpha value is -1.55. The number of methoxy groups -OCH3 is 1. The van der Waals surface area contributed by atoms with Crippen molar-refractivity contribution in [1.29, 1.82) is 0 Å². The van der Waals surface area contributed by atoms with E-state index in [2.05, 4.69) is 25.2 Å². The maximum Gasteiger partial charge on any atom is 0.220 e. The molecule has 1 rings (SSSR count). The van der Waals surface area contributed by atoms with Crippen molar-refractivity contribution in [3.63, 3.8) is 0 Å². The summed E-state index contributed by atoms with van der Waals surface area (Å²) in [7, 11) is 1.63. The summed E-state index contributed by atoms with van der Waals surface area (Å²) in [5, 5.41) is 11.5. The minimum atomic E-state index is -0.0500. The van der Waals surface area contributed by atoms with Crippen LogP contribution in [0.1, 0.15) is 43.7 Å². The number of amides is 1. The summed E-state index contributed by atoms with van der Waals surface area (Å²) in [5.41, 5.74) is 2.20. The first-order chi connectivity index (χ1) is 9.08. The molecule has 19 heavy (non-hydrogen) atoms. The van der Waals surface area contributed by atoms with E-state index in [1.807, 2.05) is 12.1 Å². The Balaban J connectivity index is 2.69. The summed E-state index contributed by atoms with van der Waals surface area (Å²) < 4.78 is 5.30. The first-order valence-electron chi connectivity index (χ1n) is 6.62. The van der Waals surface area contributed by atoms with Gasteiger partial charge in [-0.25, -0.2) is 0 Å². The van der Waals surface area contributed by atoms with Crippen molar-refractivity contribution < 1.29 is 14.6 Å². The molecule has 0 unspecified atom stereocenters. The summed E-state index contributed by atoms with van der Waals surface area (Å²) >= 11 is 0. The van der Waals surface area contributed by atoms with Crippen molar-refractivity contribution in [1.82, 2.24) is 5.32 Å². The molecule has 1 amide bonds. The second kappa shape index (κ2) is 7.79.